The van der Waals surface area contributed by atoms with Crippen LogP contribution in [-0.4, -0.2) is 16.1 Å². The zero-order valence-corrected chi connectivity index (χ0v) is 10.3. The van der Waals surface area contributed by atoms with Crippen molar-refractivity contribution in [3.63, 3.8) is 0 Å². The first-order valence-electron chi connectivity index (χ1n) is 5.76. The molecule has 1 rings (SSSR count). The van der Waals surface area contributed by atoms with Crippen LogP contribution in [0.25, 0.3) is 0 Å². The molecular weight excluding hydrogens is 186 g/mol. The van der Waals surface area contributed by atoms with Crippen LogP contribution in [0.5, 0.6) is 0 Å². The van der Waals surface area contributed by atoms with E-state index in [-0.39, 0.29) is 0 Å². The molecule has 15 heavy (non-hydrogen) atoms. The molecule has 3 nitrogen and oxygen atoms in total. The molecule has 0 saturated carbocycles. The molecule has 0 bridgehead atoms. The molecular formula is C12H23N3. The number of hydrogen-bond acceptors (Lipinski definition) is 2. The maximum atomic E-state index is 5.82. The van der Waals surface area contributed by atoms with Gasteiger partial charge in [-0.15, -0.1) is 0 Å². The third kappa shape index (κ3) is 3.06. The Morgan fingerprint density at radius 3 is 2.47 bits per heavy atom. The summed E-state index contributed by atoms with van der Waals surface area (Å²) in [5.74, 6) is 1.63. The van der Waals surface area contributed by atoms with Crippen LogP contribution < -0.4 is 5.73 Å². The molecule has 0 aliphatic rings. The predicted octanol–water partition coefficient (Wildman–Crippen LogP) is 2.24. The summed E-state index contributed by atoms with van der Waals surface area (Å²) in [6.45, 7) is 10.6. The van der Waals surface area contributed by atoms with E-state index in [4.69, 9.17) is 5.73 Å². The second kappa shape index (κ2) is 5.31. The number of hydrogen-bond donors (Lipinski definition) is 1. The minimum Gasteiger partial charge on any atom is -0.334 e. The lowest BCUT2D eigenvalue weighted by Crippen LogP contribution is -2.21. The molecule has 3 heteroatoms. The van der Waals surface area contributed by atoms with Gasteiger partial charge in [0.25, 0.3) is 0 Å². The van der Waals surface area contributed by atoms with Crippen molar-refractivity contribution in [2.45, 2.75) is 40.2 Å². The molecule has 1 aromatic heterocycles. The van der Waals surface area contributed by atoms with Gasteiger partial charge >= 0.3 is 0 Å². The smallest absolute Gasteiger partial charge is 0.0948 e. The molecule has 0 aliphatic carbocycles. The van der Waals surface area contributed by atoms with Crippen LogP contribution in [0.1, 0.15) is 39.3 Å². The normalized spacial score (nSPS) is 13.8. The van der Waals surface area contributed by atoms with Crippen molar-refractivity contribution in [3.05, 3.63) is 18.2 Å². The summed E-state index contributed by atoms with van der Waals surface area (Å²) < 4.78 is 2.24. The standard InChI is InChI=1S/C12H23N3/c1-9(2)7-15-8-14-6-12(15)11(5-13)10(3)4/h6,8-11H,5,7,13H2,1-4H3. The topological polar surface area (TPSA) is 43.8 Å². The lowest BCUT2D eigenvalue weighted by molar-refractivity contribution is 0.444. The van der Waals surface area contributed by atoms with E-state index in [2.05, 4.69) is 37.2 Å². The van der Waals surface area contributed by atoms with Gasteiger partial charge in [0.1, 0.15) is 0 Å². The quantitative estimate of drug-likeness (QED) is 0.808. The Morgan fingerprint density at radius 1 is 1.33 bits per heavy atom. The Labute approximate surface area is 92.7 Å². The molecule has 0 amide bonds. The summed E-state index contributed by atoms with van der Waals surface area (Å²) in [7, 11) is 0. The highest BCUT2D eigenvalue weighted by atomic mass is 15.0. The molecule has 86 valence electrons. The van der Waals surface area contributed by atoms with E-state index in [1.54, 1.807) is 0 Å². The number of rotatable bonds is 5. The van der Waals surface area contributed by atoms with Gasteiger partial charge in [-0.25, -0.2) is 4.98 Å². The van der Waals surface area contributed by atoms with E-state index in [9.17, 15) is 0 Å². The minimum atomic E-state index is 0.422. The Bertz CT molecular complexity index is 289. The fourth-order valence-corrected chi connectivity index (χ4v) is 1.92. The van der Waals surface area contributed by atoms with Crippen LogP contribution in [0.4, 0.5) is 0 Å². The highest BCUT2D eigenvalue weighted by Crippen LogP contribution is 2.23. The zero-order valence-electron chi connectivity index (χ0n) is 10.3. The van der Waals surface area contributed by atoms with Crippen molar-refractivity contribution in [3.8, 4) is 0 Å². The van der Waals surface area contributed by atoms with Gasteiger partial charge in [-0.1, -0.05) is 27.7 Å². The second-order valence-electron chi connectivity index (χ2n) is 4.95. The first-order valence-corrected chi connectivity index (χ1v) is 5.76. The lowest BCUT2D eigenvalue weighted by Gasteiger charge is -2.21. The van der Waals surface area contributed by atoms with E-state index in [0.29, 0.717) is 24.3 Å². The van der Waals surface area contributed by atoms with Crippen molar-refractivity contribution >= 4 is 0 Å². The van der Waals surface area contributed by atoms with Gasteiger partial charge in [0.15, 0.2) is 0 Å². The molecule has 0 aromatic carbocycles. The predicted molar refractivity (Wildman–Crippen MR) is 63.7 cm³/mol. The Hall–Kier alpha value is -0.830. The Morgan fingerprint density at radius 2 is 2.00 bits per heavy atom. The molecule has 0 spiro atoms. The highest BCUT2D eigenvalue weighted by Gasteiger charge is 2.18. The molecule has 1 unspecified atom stereocenters. The summed E-state index contributed by atoms with van der Waals surface area (Å²) in [4.78, 5) is 4.23. The fourth-order valence-electron chi connectivity index (χ4n) is 1.92. The van der Waals surface area contributed by atoms with Gasteiger partial charge in [0.2, 0.25) is 0 Å². The Kier molecular flexibility index (Phi) is 4.33. The second-order valence-corrected chi connectivity index (χ2v) is 4.95. The minimum absolute atomic E-state index is 0.422. The summed E-state index contributed by atoms with van der Waals surface area (Å²) in [5.41, 5.74) is 7.10. The van der Waals surface area contributed by atoms with Crippen LogP contribution in [0.2, 0.25) is 0 Å². The van der Waals surface area contributed by atoms with Crippen LogP contribution >= 0.6 is 0 Å². The van der Waals surface area contributed by atoms with Crippen molar-refractivity contribution < 1.29 is 0 Å². The average Bonchev–Trinajstić information content (AvgIpc) is 2.53. The van der Waals surface area contributed by atoms with E-state index in [1.165, 1.54) is 5.69 Å². The van der Waals surface area contributed by atoms with Gasteiger partial charge in [-0.2, -0.15) is 0 Å². The van der Waals surface area contributed by atoms with Crippen molar-refractivity contribution in [1.29, 1.82) is 0 Å². The van der Waals surface area contributed by atoms with Gasteiger partial charge in [-0.3, -0.25) is 0 Å². The van der Waals surface area contributed by atoms with Crippen LogP contribution in [0.15, 0.2) is 12.5 Å². The van der Waals surface area contributed by atoms with E-state index in [1.807, 2.05) is 12.5 Å². The summed E-state index contributed by atoms with van der Waals surface area (Å²) in [6.07, 6.45) is 3.88. The van der Waals surface area contributed by atoms with Gasteiger partial charge in [0.05, 0.1) is 6.33 Å². The van der Waals surface area contributed by atoms with Gasteiger partial charge in [-0.05, 0) is 11.8 Å². The van der Waals surface area contributed by atoms with Crippen LogP contribution in [0.3, 0.4) is 0 Å². The van der Waals surface area contributed by atoms with Gasteiger partial charge < -0.3 is 10.3 Å². The van der Waals surface area contributed by atoms with E-state index < -0.39 is 0 Å². The maximum Gasteiger partial charge on any atom is 0.0948 e. The SMILES string of the molecule is CC(C)Cn1cncc1C(CN)C(C)C. The number of imidazole rings is 1. The first-order chi connectivity index (χ1) is 7.06. The number of aromatic nitrogens is 2. The lowest BCUT2D eigenvalue weighted by atomic mass is 9.93. The molecule has 0 saturated heterocycles. The molecule has 1 atom stereocenters. The monoisotopic (exact) mass is 209 g/mol. The summed E-state index contributed by atoms with van der Waals surface area (Å²) in [6, 6.07) is 0. The molecule has 2 N–H and O–H groups in total. The zero-order chi connectivity index (χ0) is 11.4. The molecule has 0 aliphatic heterocycles. The first kappa shape index (κ1) is 12.2. The van der Waals surface area contributed by atoms with Crippen LogP contribution in [0, 0.1) is 11.8 Å². The van der Waals surface area contributed by atoms with Crippen molar-refractivity contribution in [1.82, 2.24) is 9.55 Å². The Balaban J connectivity index is 2.87. The third-order valence-corrected chi connectivity index (χ3v) is 2.74. The van der Waals surface area contributed by atoms with Crippen LogP contribution in [-0.2, 0) is 6.54 Å². The fraction of sp³-hybridized carbons (Fsp3) is 0.750. The maximum absolute atomic E-state index is 5.82. The van der Waals surface area contributed by atoms with E-state index in [0.717, 1.165) is 6.54 Å². The van der Waals surface area contributed by atoms with Crippen molar-refractivity contribution in [2.24, 2.45) is 17.6 Å². The van der Waals surface area contributed by atoms with E-state index >= 15 is 0 Å². The van der Waals surface area contributed by atoms with Crippen molar-refractivity contribution in [2.75, 3.05) is 6.54 Å². The molecule has 1 heterocycles. The van der Waals surface area contributed by atoms with Gasteiger partial charge in [0, 0.05) is 30.9 Å². The molecule has 0 radical (unpaired) electrons. The summed E-state index contributed by atoms with van der Waals surface area (Å²) in [5, 5.41) is 0. The third-order valence-electron chi connectivity index (χ3n) is 2.74. The largest absolute Gasteiger partial charge is 0.334 e. The average molecular weight is 209 g/mol. The molecule has 0 fully saturated rings. The number of nitrogens with zero attached hydrogens (tertiary/aromatic N) is 2. The summed E-state index contributed by atoms with van der Waals surface area (Å²) >= 11 is 0. The highest BCUT2D eigenvalue weighted by molar-refractivity contribution is 5.08. The molecule has 1 aromatic rings. The number of nitrogens with two attached hydrogens (primary N) is 1.